The predicted molar refractivity (Wildman–Crippen MR) is 222 cm³/mol. The summed E-state index contributed by atoms with van der Waals surface area (Å²) in [6.45, 7) is 0. The van der Waals surface area contributed by atoms with Crippen LogP contribution in [0, 0.1) is 0 Å². The molecular formula is C50H34N2. The van der Waals surface area contributed by atoms with Crippen molar-refractivity contribution >= 4 is 54.7 Å². The van der Waals surface area contributed by atoms with Gasteiger partial charge < -0.3 is 9.88 Å². The summed E-state index contributed by atoms with van der Waals surface area (Å²) in [5, 5.41) is 11.3. The van der Waals surface area contributed by atoms with E-state index in [4.69, 9.17) is 0 Å². The van der Waals surface area contributed by atoms with Crippen LogP contribution < -0.4 is 5.32 Å². The Morgan fingerprint density at radius 2 is 0.788 bits per heavy atom. The molecule has 9 aromatic carbocycles. The Labute approximate surface area is 302 Å². The molecule has 0 unspecified atom stereocenters. The minimum atomic E-state index is 1.04. The van der Waals surface area contributed by atoms with Crippen molar-refractivity contribution in [1.82, 2.24) is 4.57 Å². The molecular weight excluding hydrogens is 629 g/mol. The van der Waals surface area contributed by atoms with Gasteiger partial charge in [-0.25, -0.2) is 0 Å². The third-order valence-corrected chi connectivity index (χ3v) is 10.3. The summed E-state index contributed by atoms with van der Waals surface area (Å²) in [5.41, 5.74) is 13.0. The van der Waals surface area contributed by atoms with Gasteiger partial charge in [-0.05, 0) is 91.8 Å². The molecule has 0 aliphatic heterocycles. The molecule has 1 N–H and O–H groups in total. The Balaban J connectivity index is 1.11. The molecule has 244 valence electrons. The predicted octanol–water partition coefficient (Wildman–Crippen LogP) is 13.8. The van der Waals surface area contributed by atoms with Gasteiger partial charge in [0, 0.05) is 33.4 Å². The molecule has 0 aliphatic carbocycles. The first-order valence-electron chi connectivity index (χ1n) is 17.9. The number of hydrogen-bond donors (Lipinski definition) is 1. The van der Waals surface area contributed by atoms with Crippen LogP contribution in [-0.4, -0.2) is 4.57 Å². The molecule has 52 heavy (non-hydrogen) atoms. The average molecular weight is 663 g/mol. The largest absolute Gasteiger partial charge is 0.355 e. The Kier molecular flexibility index (Phi) is 7.18. The van der Waals surface area contributed by atoms with E-state index < -0.39 is 0 Å². The van der Waals surface area contributed by atoms with Gasteiger partial charge in [-0.2, -0.15) is 0 Å². The van der Waals surface area contributed by atoms with Gasteiger partial charge in [0.2, 0.25) is 0 Å². The first-order chi connectivity index (χ1) is 25.8. The minimum absolute atomic E-state index is 1.04. The smallest absolute Gasteiger partial charge is 0.0620 e. The van der Waals surface area contributed by atoms with Crippen LogP contribution in [0.1, 0.15) is 0 Å². The summed E-state index contributed by atoms with van der Waals surface area (Å²) in [6.07, 6.45) is 0. The molecule has 0 spiro atoms. The zero-order valence-corrected chi connectivity index (χ0v) is 28.5. The summed E-state index contributed by atoms with van der Waals surface area (Å²) < 4.78 is 2.41. The Morgan fingerprint density at radius 1 is 0.327 bits per heavy atom. The summed E-state index contributed by atoms with van der Waals surface area (Å²) in [7, 11) is 0. The minimum Gasteiger partial charge on any atom is -0.355 e. The van der Waals surface area contributed by atoms with Crippen LogP contribution in [-0.2, 0) is 0 Å². The second-order valence-corrected chi connectivity index (χ2v) is 13.4. The lowest BCUT2D eigenvalue weighted by Crippen LogP contribution is -1.97. The molecule has 0 saturated heterocycles. The van der Waals surface area contributed by atoms with E-state index in [0.29, 0.717) is 0 Å². The molecule has 1 heterocycles. The van der Waals surface area contributed by atoms with Gasteiger partial charge in [0.25, 0.3) is 0 Å². The zero-order valence-electron chi connectivity index (χ0n) is 28.5. The van der Waals surface area contributed by atoms with Crippen molar-refractivity contribution in [2.24, 2.45) is 0 Å². The number of para-hydroxylation sites is 2. The Hall–Kier alpha value is -6.90. The SMILES string of the molecule is c1ccc(-c2c3ccccc3c(-c3ccc(Nc4cc(-c5ccccc5)c5c(c4)c4ccccc4n5-c4ccccc4)cc3)c3ccccc23)cc1. The molecule has 0 amide bonds. The third kappa shape index (κ3) is 4.96. The highest BCUT2D eigenvalue weighted by atomic mass is 15.0. The van der Waals surface area contributed by atoms with Crippen LogP contribution in [0.3, 0.4) is 0 Å². The molecule has 0 aliphatic rings. The fourth-order valence-corrected chi connectivity index (χ4v) is 8.09. The van der Waals surface area contributed by atoms with E-state index >= 15 is 0 Å². The summed E-state index contributed by atoms with van der Waals surface area (Å²) in [4.78, 5) is 0. The first kappa shape index (κ1) is 30.0. The Morgan fingerprint density at radius 3 is 1.37 bits per heavy atom. The Bertz CT molecular complexity index is 2830. The van der Waals surface area contributed by atoms with E-state index in [0.717, 1.165) is 17.1 Å². The summed E-state index contributed by atoms with van der Waals surface area (Å²) >= 11 is 0. The van der Waals surface area contributed by atoms with Gasteiger partial charge in [0.1, 0.15) is 0 Å². The highest BCUT2D eigenvalue weighted by Crippen LogP contribution is 2.44. The standard InChI is InChI=1S/C50H34N2/c1-4-16-34(17-5-1)45-32-38(33-46-40-22-14-15-27-47(40)52(50(45)46)39-20-8-3-9-21-39)51-37-30-28-36(29-31-37)49-43-25-12-10-23-41(43)48(35-18-6-2-7-19-35)42-24-11-13-26-44(42)49/h1-33,51H. The monoisotopic (exact) mass is 662 g/mol. The van der Waals surface area contributed by atoms with Crippen LogP contribution in [0.5, 0.6) is 0 Å². The molecule has 10 aromatic rings. The van der Waals surface area contributed by atoms with Crippen molar-refractivity contribution in [3.63, 3.8) is 0 Å². The van der Waals surface area contributed by atoms with Crippen LogP contribution in [0.2, 0.25) is 0 Å². The summed E-state index contributed by atoms with van der Waals surface area (Å²) in [5.74, 6) is 0. The molecule has 0 saturated carbocycles. The lowest BCUT2D eigenvalue weighted by Gasteiger charge is -2.18. The van der Waals surface area contributed by atoms with E-state index in [1.165, 1.54) is 76.7 Å². The van der Waals surface area contributed by atoms with Crippen LogP contribution >= 0.6 is 0 Å². The van der Waals surface area contributed by atoms with Gasteiger partial charge in [-0.15, -0.1) is 0 Å². The van der Waals surface area contributed by atoms with Gasteiger partial charge in [0.05, 0.1) is 11.0 Å². The second-order valence-electron chi connectivity index (χ2n) is 13.4. The fourth-order valence-electron chi connectivity index (χ4n) is 8.09. The molecule has 0 fully saturated rings. The molecule has 2 nitrogen and oxygen atoms in total. The number of fused-ring (bicyclic) bond motifs is 5. The van der Waals surface area contributed by atoms with Crippen molar-refractivity contribution in [2.45, 2.75) is 0 Å². The van der Waals surface area contributed by atoms with E-state index in [1.54, 1.807) is 0 Å². The van der Waals surface area contributed by atoms with Crippen LogP contribution in [0.4, 0.5) is 11.4 Å². The van der Waals surface area contributed by atoms with E-state index in [9.17, 15) is 0 Å². The lowest BCUT2D eigenvalue weighted by atomic mass is 9.86. The zero-order chi connectivity index (χ0) is 34.4. The highest BCUT2D eigenvalue weighted by molar-refractivity contribution is 6.21. The number of benzene rings is 9. The molecule has 0 bridgehead atoms. The number of hydrogen-bond acceptors (Lipinski definition) is 1. The topological polar surface area (TPSA) is 17.0 Å². The normalized spacial score (nSPS) is 11.5. The average Bonchev–Trinajstić information content (AvgIpc) is 3.55. The van der Waals surface area contributed by atoms with Crippen molar-refractivity contribution in [3.8, 4) is 39.1 Å². The van der Waals surface area contributed by atoms with Gasteiger partial charge in [-0.1, -0.05) is 158 Å². The molecule has 10 rings (SSSR count). The van der Waals surface area contributed by atoms with Gasteiger partial charge >= 0.3 is 0 Å². The van der Waals surface area contributed by atoms with Crippen molar-refractivity contribution in [1.29, 1.82) is 0 Å². The van der Waals surface area contributed by atoms with E-state index in [1.807, 2.05) is 0 Å². The number of nitrogens with one attached hydrogen (secondary N) is 1. The van der Waals surface area contributed by atoms with Crippen LogP contribution in [0.25, 0.3) is 82.4 Å². The number of rotatable bonds is 6. The lowest BCUT2D eigenvalue weighted by molar-refractivity contribution is 1.18. The highest BCUT2D eigenvalue weighted by Gasteiger charge is 2.19. The quantitative estimate of drug-likeness (QED) is 0.175. The number of anilines is 2. The van der Waals surface area contributed by atoms with Crippen LogP contribution in [0.15, 0.2) is 200 Å². The summed E-state index contributed by atoms with van der Waals surface area (Å²) in [6, 6.07) is 72.1. The van der Waals surface area contributed by atoms with Crippen molar-refractivity contribution in [3.05, 3.63) is 200 Å². The van der Waals surface area contributed by atoms with Crippen molar-refractivity contribution in [2.75, 3.05) is 5.32 Å². The van der Waals surface area contributed by atoms with Gasteiger partial charge in [0.15, 0.2) is 0 Å². The second kappa shape index (κ2) is 12.5. The molecule has 0 radical (unpaired) electrons. The number of aromatic nitrogens is 1. The van der Waals surface area contributed by atoms with E-state index in [-0.39, 0.29) is 0 Å². The van der Waals surface area contributed by atoms with E-state index in [2.05, 4.69) is 210 Å². The van der Waals surface area contributed by atoms with Crippen molar-refractivity contribution < 1.29 is 0 Å². The number of nitrogens with zero attached hydrogens (tertiary/aromatic N) is 1. The first-order valence-corrected chi connectivity index (χ1v) is 17.9. The molecule has 2 heteroatoms. The maximum absolute atomic E-state index is 3.79. The van der Waals surface area contributed by atoms with Gasteiger partial charge in [-0.3, -0.25) is 0 Å². The molecule has 0 atom stereocenters. The maximum Gasteiger partial charge on any atom is 0.0620 e. The fraction of sp³-hybridized carbons (Fsp3) is 0. The maximum atomic E-state index is 3.79. The molecule has 1 aromatic heterocycles. The third-order valence-electron chi connectivity index (χ3n) is 10.3.